The molecule has 130 valence electrons. The number of piperidine rings is 1. The quantitative estimate of drug-likeness (QED) is 0.765. The van der Waals surface area contributed by atoms with Crippen molar-refractivity contribution in [3.63, 3.8) is 0 Å². The molecule has 2 N–H and O–H groups in total. The Kier molecular flexibility index (Phi) is 7.15. The van der Waals surface area contributed by atoms with E-state index < -0.39 is 0 Å². The summed E-state index contributed by atoms with van der Waals surface area (Å²) < 4.78 is 10.8. The maximum atomic E-state index is 9.45. The van der Waals surface area contributed by atoms with Gasteiger partial charge in [-0.05, 0) is 51.4 Å². The molecule has 5 nitrogen and oxygen atoms in total. The van der Waals surface area contributed by atoms with Crippen LogP contribution in [-0.4, -0.2) is 56.5 Å². The zero-order valence-corrected chi connectivity index (χ0v) is 14.5. The third-order valence-electron chi connectivity index (χ3n) is 4.46. The van der Waals surface area contributed by atoms with Gasteiger partial charge in [0.05, 0.1) is 20.3 Å². The number of para-hydroxylation sites is 1. The van der Waals surface area contributed by atoms with E-state index >= 15 is 0 Å². The lowest BCUT2D eigenvalue weighted by Gasteiger charge is -2.32. The highest BCUT2D eigenvalue weighted by Crippen LogP contribution is 2.30. The summed E-state index contributed by atoms with van der Waals surface area (Å²) >= 11 is 0. The Balaban J connectivity index is 1.76. The Morgan fingerprint density at radius 1 is 1.26 bits per heavy atom. The largest absolute Gasteiger partial charge is 0.493 e. The van der Waals surface area contributed by atoms with Crippen LogP contribution >= 0.6 is 0 Å². The van der Waals surface area contributed by atoms with Crippen molar-refractivity contribution in [3.8, 4) is 11.5 Å². The molecule has 0 unspecified atom stereocenters. The topological polar surface area (TPSA) is 54.0 Å². The molecule has 1 saturated heterocycles. The van der Waals surface area contributed by atoms with Gasteiger partial charge in [-0.2, -0.15) is 0 Å². The van der Waals surface area contributed by atoms with Gasteiger partial charge in [0.1, 0.15) is 0 Å². The number of aliphatic hydroxyl groups is 1. The van der Waals surface area contributed by atoms with Crippen molar-refractivity contribution in [2.24, 2.45) is 5.92 Å². The Bertz CT molecular complexity index is 471. The molecule has 1 fully saturated rings. The summed E-state index contributed by atoms with van der Waals surface area (Å²) in [4.78, 5) is 2.35. The normalized spacial score (nSPS) is 17.9. The number of hydrogen-bond acceptors (Lipinski definition) is 5. The lowest BCUT2D eigenvalue weighted by atomic mass is 9.96. The molecule has 1 aromatic rings. The zero-order chi connectivity index (χ0) is 16.7. The molecule has 1 heterocycles. The summed E-state index contributed by atoms with van der Waals surface area (Å²) in [6.07, 6.45) is 2.15. The first-order valence-electron chi connectivity index (χ1n) is 8.45. The number of nitrogens with one attached hydrogen (secondary N) is 1. The summed E-state index contributed by atoms with van der Waals surface area (Å²) in [6.45, 7) is 6.62. The van der Waals surface area contributed by atoms with Crippen LogP contribution in [0.4, 0.5) is 0 Å². The summed E-state index contributed by atoms with van der Waals surface area (Å²) in [5.74, 6) is 2.30. The van der Waals surface area contributed by atoms with Crippen LogP contribution in [0.2, 0.25) is 0 Å². The van der Waals surface area contributed by atoms with Gasteiger partial charge >= 0.3 is 0 Å². The number of benzene rings is 1. The SMILES string of the molecule is COc1cccc(CNCC2CCN(C[C@H](C)O)CC2)c1OC. The summed E-state index contributed by atoms with van der Waals surface area (Å²) in [6, 6.07) is 5.98. The molecular formula is C18H30N2O3. The number of likely N-dealkylation sites (tertiary alicyclic amines) is 1. The first-order valence-corrected chi connectivity index (χ1v) is 8.45. The van der Waals surface area contributed by atoms with E-state index in [1.807, 2.05) is 19.1 Å². The second-order valence-corrected chi connectivity index (χ2v) is 6.38. The Morgan fingerprint density at radius 3 is 2.61 bits per heavy atom. The maximum absolute atomic E-state index is 9.45. The monoisotopic (exact) mass is 322 g/mol. The van der Waals surface area contributed by atoms with Crippen LogP contribution in [0.1, 0.15) is 25.3 Å². The van der Waals surface area contributed by atoms with Crippen LogP contribution in [0.5, 0.6) is 11.5 Å². The van der Waals surface area contributed by atoms with Crippen molar-refractivity contribution in [3.05, 3.63) is 23.8 Å². The summed E-state index contributed by atoms with van der Waals surface area (Å²) in [5.41, 5.74) is 1.12. The van der Waals surface area contributed by atoms with Crippen LogP contribution in [0.3, 0.4) is 0 Å². The number of nitrogens with zero attached hydrogens (tertiary/aromatic N) is 1. The first kappa shape index (κ1) is 18.0. The van der Waals surface area contributed by atoms with Crippen molar-refractivity contribution >= 4 is 0 Å². The number of rotatable bonds is 8. The molecule has 0 amide bonds. The molecule has 2 rings (SSSR count). The number of aliphatic hydroxyl groups excluding tert-OH is 1. The standard InChI is InChI=1S/C18H30N2O3/c1-14(21)13-20-9-7-15(8-10-20)11-19-12-16-5-4-6-17(22-2)18(16)23-3/h4-6,14-15,19,21H,7-13H2,1-3H3/t14-/m0/s1. The summed E-state index contributed by atoms with van der Waals surface area (Å²) in [7, 11) is 3.34. The van der Waals surface area contributed by atoms with Gasteiger partial charge in [-0.25, -0.2) is 0 Å². The number of methoxy groups -OCH3 is 2. The van der Waals surface area contributed by atoms with Crippen LogP contribution in [0, 0.1) is 5.92 Å². The highest BCUT2D eigenvalue weighted by Gasteiger charge is 2.19. The molecule has 23 heavy (non-hydrogen) atoms. The molecule has 0 aromatic heterocycles. The predicted molar refractivity (Wildman–Crippen MR) is 92.1 cm³/mol. The van der Waals surface area contributed by atoms with Gasteiger partial charge in [0.2, 0.25) is 0 Å². The Labute approximate surface area is 139 Å². The van der Waals surface area contributed by atoms with Gasteiger partial charge in [0.25, 0.3) is 0 Å². The molecule has 1 aliphatic heterocycles. The molecule has 0 saturated carbocycles. The first-order chi connectivity index (χ1) is 11.1. The third-order valence-corrected chi connectivity index (χ3v) is 4.46. The Morgan fingerprint density at radius 2 is 2.00 bits per heavy atom. The molecule has 0 spiro atoms. The van der Waals surface area contributed by atoms with Gasteiger partial charge in [-0.1, -0.05) is 12.1 Å². The second kappa shape index (κ2) is 9.11. The van der Waals surface area contributed by atoms with E-state index in [0.29, 0.717) is 5.92 Å². The number of hydrogen-bond donors (Lipinski definition) is 2. The average Bonchev–Trinajstić information content (AvgIpc) is 2.55. The lowest BCUT2D eigenvalue weighted by molar-refractivity contribution is 0.0998. The smallest absolute Gasteiger partial charge is 0.165 e. The molecule has 0 radical (unpaired) electrons. The molecular weight excluding hydrogens is 292 g/mol. The predicted octanol–water partition coefficient (Wildman–Crippen LogP) is 1.89. The van der Waals surface area contributed by atoms with Gasteiger partial charge in [-0.15, -0.1) is 0 Å². The van der Waals surface area contributed by atoms with Gasteiger partial charge < -0.3 is 24.8 Å². The van der Waals surface area contributed by atoms with Crippen molar-refractivity contribution in [2.45, 2.75) is 32.4 Å². The van der Waals surface area contributed by atoms with E-state index in [1.165, 1.54) is 12.8 Å². The van der Waals surface area contributed by atoms with E-state index in [1.54, 1.807) is 14.2 Å². The fourth-order valence-electron chi connectivity index (χ4n) is 3.25. The van der Waals surface area contributed by atoms with E-state index in [0.717, 1.165) is 49.8 Å². The van der Waals surface area contributed by atoms with E-state index in [9.17, 15) is 5.11 Å². The minimum Gasteiger partial charge on any atom is -0.493 e. The van der Waals surface area contributed by atoms with Crippen LogP contribution in [0.25, 0.3) is 0 Å². The van der Waals surface area contributed by atoms with Gasteiger partial charge in [0.15, 0.2) is 11.5 Å². The second-order valence-electron chi connectivity index (χ2n) is 6.38. The van der Waals surface area contributed by atoms with E-state index in [4.69, 9.17) is 9.47 Å². The fourth-order valence-corrected chi connectivity index (χ4v) is 3.25. The molecule has 0 bridgehead atoms. The Hall–Kier alpha value is -1.30. The molecule has 1 atom stereocenters. The van der Waals surface area contributed by atoms with Crippen molar-refractivity contribution in [1.29, 1.82) is 0 Å². The van der Waals surface area contributed by atoms with Gasteiger partial charge in [-0.3, -0.25) is 0 Å². The third kappa shape index (κ3) is 5.37. The highest BCUT2D eigenvalue weighted by atomic mass is 16.5. The number of β-amino-alcohol motifs (C(OH)–C–C–N with tert-alkyl or cyclic N) is 1. The fraction of sp³-hybridized carbons (Fsp3) is 0.667. The van der Waals surface area contributed by atoms with Gasteiger partial charge in [0, 0.05) is 18.7 Å². The molecule has 1 aliphatic rings. The minimum atomic E-state index is -0.231. The maximum Gasteiger partial charge on any atom is 0.165 e. The van der Waals surface area contributed by atoms with Crippen LogP contribution < -0.4 is 14.8 Å². The molecule has 1 aromatic carbocycles. The highest BCUT2D eigenvalue weighted by molar-refractivity contribution is 5.46. The molecule has 5 heteroatoms. The van der Waals surface area contributed by atoms with Crippen molar-refractivity contribution in [1.82, 2.24) is 10.2 Å². The summed E-state index contributed by atoms with van der Waals surface area (Å²) in [5, 5.41) is 13.0. The van der Waals surface area contributed by atoms with Crippen LogP contribution in [-0.2, 0) is 6.54 Å². The number of ether oxygens (including phenoxy) is 2. The van der Waals surface area contributed by atoms with E-state index in [2.05, 4.69) is 16.3 Å². The zero-order valence-electron chi connectivity index (χ0n) is 14.5. The molecule has 0 aliphatic carbocycles. The average molecular weight is 322 g/mol. The lowest BCUT2D eigenvalue weighted by Crippen LogP contribution is -2.40. The van der Waals surface area contributed by atoms with E-state index in [-0.39, 0.29) is 6.10 Å². The van der Waals surface area contributed by atoms with Crippen LogP contribution in [0.15, 0.2) is 18.2 Å². The minimum absolute atomic E-state index is 0.231. The van der Waals surface area contributed by atoms with Crippen molar-refractivity contribution in [2.75, 3.05) is 40.4 Å². The van der Waals surface area contributed by atoms with Crippen molar-refractivity contribution < 1.29 is 14.6 Å².